The van der Waals surface area contributed by atoms with Gasteiger partial charge in [-0.2, -0.15) is 5.10 Å². The molecule has 0 spiro atoms. The van der Waals surface area contributed by atoms with Crippen LogP contribution in [0, 0.1) is 0 Å². The Bertz CT molecular complexity index is 733. The Hall–Kier alpha value is -2.02. The van der Waals surface area contributed by atoms with Crippen molar-refractivity contribution < 1.29 is 4.79 Å². The number of rotatable bonds is 6. The maximum atomic E-state index is 12.2. The SMILES string of the molecule is CCCCn1nc(C(=O)Nc2nc(C3CC3)cs2)ccc1=O. The van der Waals surface area contributed by atoms with Gasteiger partial charge in [-0.3, -0.25) is 14.9 Å². The topological polar surface area (TPSA) is 76.9 Å². The number of nitrogens with one attached hydrogen (secondary N) is 1. The average molecular weight is 318 g/mol. The minimum atomic E-state index is -0.332. The molecule has 1 aliphatic carbocycles. The summed E-state index contributed by atoms with van der Waals surface area (Å²) in [5.41, 5.74) is 1.11. The molecule has 1 N–H and O–H groups in total. The van der Waals surface area contributed by atoms with Crippen LogP contribution in [-0.4, -0.2) is 20.7 Å². The molecule has 116 valence electrons. The van der Waals surface area contributed by atoms with Gasteiger partial charge in [0, 0.05) is 23.9 Å². The lowest BCUT2D eigenvalue weighted by Crippen LogP contribution is -2.26. The van der Waals surface area contributed by atoms with E-state index < -0.39 is 0 Å². The van der Waals surface area contributed by atoms with Crippen LogP contribution in [0.15, 0.2) is 22.3 Å². The van der Waals surface area contributed by atoms with Gasteiger partial charge in [0.2, 0.25) is 0 Å². The first kappa shape index (κ1) is 14.9. The molecular formula is C15H18N4O2S. The van der Waals surface area contributed by atoms with Crippen LogP contribution in [0.5, 0.6) is 0 Å². The van der Waals surface area contributed by atoms with E-state index in [1.807, 2.05) is 12.3 Å². The van der Waals surface area contributed by atoms with Gasteiger partial charge in [0.1, 0.15) is 5.69 Å². The molecule has 0 radical (unpaired) electrons. The number of nitrogens with zero attached hydrogens (tertiary/aromatic N) is 3. The van der Waals surface area contributed by atoms with E-state index in [0.29, 0.717) is 17.6 Å². The summed E-state index contributed by atoms with van der Waals surface area (Å²) in [6.07, 6.45) is 4.19. The normalized spacial score (nSPS) is 14.0. The zero-order valence-corrected chi connectivity index (χ0v) is 13.2. The van der Waals surface area contributed by atoms with Crippen molar-refractivity contribution in [3.8, 4) is 0 Å². The fourth-order valence-electron chi connectivity index (χ4n) is 2.11. The number of unbranched alkanes of at least 4 members (excludes halogenated alkanes) is 1. The molecule has 0 atom stereocenters. The Morgan fingerprint density at radius 3 is 3.00 bits per heavy atom. The number of hydrogen-bond acceptors (Lipinski definition) is 5. The third-order valence-electron chi connectivity index (χ3n) is 3.56. The Balaban J connectivity index is 1.71. The molecule has 0 aliphatic heterocycles. The summed E-state index contributed by atoms with van der Waals surface area (Å²) in [4.78, 5) is 28.3. The number of carbonyl (C=O) groups excluding carboxylic acids is 1. The van der Waals surface area contributed by atoms with Crippen molar-refractivity contribution in [3.05, 3.63) is 39.3 Å². The summed E-state index contributed by atoms with van der Waals surface area (Å²) in [6.45, 7) is 2.57. The zero-order valence-electron chi connectivity index (χ0n) is 12.4. The minimum absolute atomic E-state index is 0.185. The van der Waals surface area contributed by atoms with E-state index in [-0.39, 0.29) is 17.2 Å². The maximum Gasteiger partial charge on any atom is 0.277 e. The third kappa shape index (κ3) is 3.41. The largest absolute Gasteiger partial charge is 0.296 e. The highest BCUT2D eigenvalue weighted by atomic mass is 32.1. The van der Waals surface area contributed by atoms with Crippen LogP contribution in [0.3, 0.4) is 0 Å². The van der Waals surface area contributed by atoms with Gasteiger partial charge in [0.25, 0.3) is 11.5 Å². The molecule has 0 bridgehead atoms. The zero-order chi connectivity index (χ0) is 15.5. The number of hydrogen-bond donors (Lipinski definition) is 1. The third-order valence-corrected chi connectivity index (χ3v) is 4.34. The highest BCUT2D eigenvalue weighted by molar-refractivity contribution is 7.14. The van der Waals surface area contributed by atoms with Gasteiger partial charge in [-0.1, -0.05) is 13.3 Å². The first-order chi connectivity index (χ1) is 10.7. The second-order valence-electron chi connectivity index (χ2n) is 5.44. The maximum absolute atomic E-state index is 12.2. The van der Waals surface area contributed by atoms with Crippen LogP contribution in [-0.2, 0) is 6.54 Å². The van der Waals surface area contributed by atoms with Crippen molar-refractivity contribution in [2.45, 2.75) is 45.1 Å². The molecule has 6 nitrogen and oxygen atoms in total. The smallest absolute Gasteiger partial charge is 0.277 e. The summed E-state index contributed by atoms with van der Waals surface area (Å²) >= 11 is 1.42. The van der Waals surface area contributed by atoms with Gasteiger partial charge < -0.3 is 0 Å². The van der Waals surface area contributed by atoms with Crippen LogP contribution < -0.4 is 10.9 Å². The number of anilines is 1. The summed E-state index contributed by atoms with van der Waals surface area (Å²) < 4.78 is 1.34. The Kier molecular flexibility index (Phi) is 4.33. The fourth-order valence-corrected chi connectivity index (χ4v) is 2.90. The van der Waals surface area contributed by atoms with E-state index in [0.717, 1.165) is 18.5 Å². The molecule has 3 rings (SSSR count). The summed E-state index contributed by atoms with van der Waals surface area (Å²) in [6, 6.07) is 2.84. The second kappa shape index (κ2) is 6.39. The lowest BCUT2D eigenvalue weighted by molar-refractivity contribution is 0.101. The molecule has 1 fully saturated rings. The van der Waals surface area contributed by atoms with Crippen molar-refractivity contribution in [3.63, 3.8) is 0 Å². The Morgan fingerprint density at radius 2 is 2.27 bits per heavy atom. The molecule has 0 unspecified atom stereocenters. The summed E-state index contributed by atoms with van der Waals surface area (Å²) in [5, 5.41) is 9.46. The van der Waals surface area contributed by atoms with Crippen molar-refractivity contribution in [2.24, 2.45) is 0 Å². The fraction of sp³-hybridized carbons (Fsp3) is 0.467. The molecular weight excluding hydrogens is 300 g/mol. The van der Waals surface area contributed by atoms with Gasteiger partial charge >= 0.3 is 0 Å². The number of aromatic nitrogens is 3. The quantitative estimate of drug-likeness (QED) is 0.888. The number of carbonyl (C=O) groups is 1. The highest BCUT2D eigenvalue weighted by Gasteiger charge is 2.26. The molecule has 2 aromatic heterocycles. The van der Waals surface area contributed by atoms with E-state index in [4.69, 9.17) is 0 Å². The van der Waals surface area contributed by atoms with Crippen LogP contribution in [0.2, 0.25) is 0 Å². The molecule has 7 heteroatoms. The molecule has 0 saturated heterocycles. The van der Waals surface area contributed by atoms with Gasteiger partial charge in [0.05, 0.1) is 5.69 Å². The molecule has 0 aromatic carbocycles. The lowest BCUT2D eigenvalue weighted by atomic mass is 10.3. The standard InChI is InChI=1S/C15H18N4O2S/c1-2-3-8-19-13(20)7-6-11(18-19)14(21)17-15-16-12(9-22-15)10-4-5-10/h6-7,9-10H,2-5,8H2,1H3,(H,16,17,21). The highest BCUT2D eigenvalue weighted by Crippen LogP contribution is 2.40. The Labute approximate surface area is 132 Å². The predicted molar refractivity (Wildman–Crippen MR) is 85.4 cm³/mol. The van der Waals surface area contributed by atoms with Gasteiger partial charge in [-0.25, -0.2) is 9.67 Å². The number of aryl methyl sites for hydroxylation is 1. The second-order valence-corrected chi connectivity index (χ2v) is 6.30. The predicted octanol–water partition coefficient (Wildman–Crippen LogP) is 2.63. The van der Waals surface area contributed by atoms with Crippen molar-refractivity contribution in [1.29, 1.82) is 0 Å². The first-order valence-electron chi connectivity index (χ1n) is 7.52. The van der Waals surface area contributed by atoms with E-state index in [2.05, 4.69) is 15.4 Å². The van der Waals surface area contributed by atoms with E-state index in [9.17, 15) is 9.59 Å². The van der Waals surface area contributed by atoms with E-state index in [1.54, 1.807) is 0 Å². The molecule has 1 saturated carbocycles. The lowest BCUT2D eigenvalue weighted by Gasteiger charge is -2.05. The minimum Gasteiger partial charge on any atom is -0.296 e. The number of amides is 1. The van der Waals surface area contributed by atoms with Crippen molar-refractivity contribution in [2.75, 3.05) is 5.32 Å². The monoisotopic (exact) mass is 318 g/mol. The van der Waals surface area contributed by atoms with Crippen molar-refractivity contribution in [1.82, 2.24) is 14.8 Å². The number of thiazole rings is 1. The van der Waals surface area contributed by atoms with Gasteiger partial charge in [0.15, 0.2) is 5.13 Å². The van der Waals surface area contributed by atoms with Crippen LogP contribution in [0.4, 0.5) is 5.13 Å². The Morgan fingerprint density at radius 1 is 1.45 bits per heavy atom. The van der Waals surface area contributed by atoms with Gasteiger partial charge in [-0.15, -0.1) is 11.3 Å². The molecule has 1 aliphatic rings. The van der Waals surface area contributed by atoms with Gasteiger partial charge in [-0.05, 0) is 25.3 Å². The van der Waals surface area contributed by atoms with Crippen LogP contribution >= 0.6 is 11.3 Å². The average Bonchev–Trinajstić information content (AvgIpc) is 3.27. The van der Waals surface area contributed by atoms with Crippen LogP contribution in [0.1, 0.15) is 54.7 Å². The molecule has 2 aromatic rings. The summed E-state index contributed by atoms with van der Waals surface area (Å²) in [7, 11) is 0. The first-order valence-corrected chi connectivity index (χ1v) is 8.40. The van der Waals surface area contributed by atoms with Crippen molar-refractivity contribution >= 4 is 22.4 Å². The molecule has 1 amide bonds. The van der Waals surface area contributed by atoms with E-state index >= 15 is 0 Å². The summed E-state index contributed by atoms with van der Waals surface area (Å²) in [5.74, 6) is 0.234. The van der Waals surface area contributed by atoms with E-state index in [1.165, 1.54) is 41.0 Å². The molecule has 2 heterocycles. The molecule has 22 heavy (non-hydrogen) atoms. The van der Waals surface area contributed by atoms with Crippen LogP contribution in [0.25, 0.3) is 0 Å².